The van der Waals surface area contributed by atoms with Gasteiger partial charge in [-0.05, 0) is 37.5 Å². The molecule has 1 aliphatic carbocycles. The van der Waals surface area contributed by atoms with Crippen LogP contribution in [0.25, 0.3) is 0 Å². The lowest BCUT2D eigenvalue weighted by Gasteiger charge is -2.41. The molecule has 3 nitrogen and oxygen atoms in total. The number of benzene rings is 2. The third-order valence-electron chi connectivity index (χ3n) is 5.47. The molecule has 2 aliphatic rings. The van der Waals surface area contributed by atoms with E-state index in [2.05, 4.69) is 66.1 Å². The van der Waals surface area contributed by atoms with E-state index in [4.69, 9.17) is 4.99 Å². The number of halogens is 1. The molecule has 138 valence electrons. The van der Waals surface area contributed by atoms with Gasteiger partial charge in [-0.3, -0.25) is 4.99 Å². The zero-order valence-electron chi connectivity index (χ0n) is 15.4. The molecule has 0 unspecified atom stereocenters. The molecule has 4 rings (SSSR count). The molecule has 0 saturated heterocycles. The number of nitrogens with one attached hydrogen (secondary N) is 2. The van der Waals surface area contributed by atoms with Crippen LogP contribution >= 0.6 is 12.4 Å². The van der Waals surface area contributed by atoms with Crippen LogP contribution in [0.2, 0.25) is 0 Å². The molecule has 2 aromatic carbocycles. The molecule has 4 heteroatoms. The Morgan fingerprint density at radius 3 is 2.38 bits per heavy atom. The van der Waals surface area contributed by atoms with Gasteiger partial charge < -0.3 is 10.6 Å². The highest BCUT2D eigenvalue weighted by Crippen LogP contribution is 2.38. The van der Waals surface area contributed by atoms with Gasteiger partial charge in [0.1, 0.15) is 5.84 Å². The van der Waals surface area contributed by atoms with Gasteiger partial charge in [0.2, 0.25) is 0 Å². The fourth-order valence-electron chi connectivity index (χ4n) is 4.13. The number of aryl methyl sites for hydroxylation is 1. The van der Waals surface area contributed by atoms with Crippen molar-refractivity contribution in [2.24, 2.45) is 4.99 Å². The van der Waals surface area contributed by atoms with Crippen LogP contribution in [0.3, 0.4) is 0 Å². The Morgan fingerprint density at radius 1 is 0.923 bits per heavy atom. The van der Waals surface area contributed by atoms with Gasteiger partial charge in [-0.25, -0.2) is 0 Å². The smallest absolute Gasteiger partial charge is 0.127 e. The lowest BCUT2D eigenvalue weighted by molar-refractivity contribution is 0.524. The topological polar surface area (TPSA) is 36.4 Å². The molecule has 0 amide bonds. The first-order valence-electron chi connectivity index (χ1n) is 9.50. The first-order chi connectivity index (χ1) is 12.3. The molecule has 1 fully saturated rings. The Labute approximate surface area is 162 Å². The first kappa shape index (κ1) is 18.8. The summed E-state index contributed by atoms with van der Waals surface area (Å²) in [5.74, 6) is 1.12. The Kier molecular flexibility index (Phi) is 5.87. The van der Waals surface area contributed by atoms with Gasteiger partial charge in [-0.15, -0.1) is 12.4 Å². The highest BCUT2D eigenvalue weighted by molar-refractivity contribution is 6.09. The Bertz CT molecular complexity index is 776. The molecule has 2 N–H and O–H groups in total. The molecular weight excluding hydrogens is 342 g/mol. The molecule has 1 heterocycles. The van der Waals surface area contributed by atoms with Crippen LogP contribution in [0.4, 0.5) is 11.4 Å². The summed E-state index contributed by atoms with van der Waals surface area (Å²) in [6.45, 7) is 2.87. The van der Waals surface area contributed by atoms with Crippen LogP contribution in [0, 0.1) is 6.92 Å². The number of para-hydroxylation sites is 2. The molecule has 0 aromatic heterocycles. The number of aliphatic imine (C=N–C) groups is 1. The van der Waals surface area contributed by atoms with Crippen LogP contribution in [0.5, 0.6) is 0 Å². The predicted octanol–water partition coefficient (Wildman–Crippen LogP) is 5.95. The average Bonchev–Trinajstić information content (AvgIpc) is 2.86. The second-order valence-electron chi connectivity index (χ2n) is 7.45. The Balaban J connectivity index is 0.00000196. The van der Waals surface area contributed by atoms with E-state index in [0.717, 1.165) is 30.9 Å². The summed E-state index contributed by atoms with van der Waals surface area (Å²) in [7, 11) is 0. The van der Waals surface area contributed by atoms with Crippen molar-refractivity contribution in [3.8, 4) is 0 Å². The zero-order chi connectivity index (χ0) is 17.1. The monoisotopic (exact) mass is 369 g/mol. The van der Waals surface area contributed by atoms with Crippen molar-refractivity contribution < 1.29 is 0 Å². The third-order valence-corrected chi connectivity index (χ3v) is 5.47. The first-order valence-corrected chi connectivity index (χ1v) is 9.50. The van der Waals surface area contributed by atoms with Crippen molar-refractivity contribution in [2.45, 2.75) is 57.5 Å². The normalized spacial score (nSPS) is 19.7. The van der Waals surface area contributed by atoms with Crippen LogP contribution < -0.4 is 10.6 Å². The zero-order valence-corrected chi connectivity index (χ0v) is 16.2. The Hall–Kier alpha value is -2.00. The third kappa shape index (κ3) is 3.88. The van der Waals surface area contributed by atoms with E-state index >= 15 is 0 Å². The summed E-state index contributed by atoms with van der Waals surface area (Å²) in [4.78, 5) is 5.06. The summed E-state index contributed by atoms with van der Waals surface area (Å²) >= 11 is 0. The molecule has 0 radical (unpaired) electrons. The van der Waals surface area contributed by atoms with Crippen molar-refractivity contribution in [1.82, 2.24) is 0 Å². The molecule has 1 spiro atoms. The standard InChI is InChI=1S/C22H27N3.ClH/c1-17-9-8-10-18(15-17)16-23-21-22(13-6-2-3-7-14-22)25-20-12-5-4-11-19(20)24-21;/h4-5,8-12,15,25H,2-3,6-7,13-14,16H2,1H3,(H,23,24);1H. The van der Waals surface area contributed by atoms with Crippen molar-refractivity contribution >= 4 is 29.6 Å². The van der Waals surface area contributed by atoms with E-state index in [1.54, 1.807) is 0 Å². The Morgan fingerprint density at radius 2 is 1.65 bits per heavy atom. The fraction of sp³-hybridized carbons (Fsp3) is 0.409. The second kappa shape index (κ2) is 8.13. The molecule has 26 heavy (non-hydrogen) atoms. The van der Waals surface area contributed by atoms with Crippen molar-refractivity contribution in [3.63, 3.8) is 0 Å². The average molecular weight is 370 g/mol. The number of hydrogen-bond donors (Lipinski definition) is 2. The summed E-state index contributed by atoms with van der Waals surface area (Å²) in [6, 6.07) is 17.1. The lowest BCUT2D eigenvalue weighted by atomic mass is 9.86. The molecule has 0 bridgehead atoms. The number of fused-ring (bicyclic) bond motifs is 1. The second-order valence-corrected chi connectivity index (χ2v) is 7.45. The molecule has 1 aliphatic heterocycles. The van der Waals surface area contributed by atoms with Gasteiger partial charge in [0.15, 0.2) is 0 Å². The minimum atomic E-state index is -0.0331. The number of rotatable bonds is 2. The van der Waals surface area contributed by atoms with Gasteiger partial charge in [-0.1, -0.05) is 67.6 Å². The minimum Gasteiger partial charge on any atom is -0.371 e. The van der Waals surface area contributed by atoms with E-state index in [-0.39, 0.29) is 17.9 Å². The highest BCUT2D eigenvalue weighted by Gasteiger charge is 2.39. The van der Waals surface area contributed by atoms with Crippen LogP contribution in [0.15, 0.2) is 53.5 Å². The van der Waals surface area contributed by atoms with E-state index in [1.807, 2.05) is 0 Å². The van der Waals surface area contributed by atoms with Crippen LogP contribution in [-0.4, -0.2) is 11.4 Å². The van der Waals surface area contributed by atoms with Gasteiger partial charge >= 0.3 is 0 Å². The van der Waals surface area contributed by atoms with Crippen molar-refractivity contribution in [2.75, 3.05) is 10.6 Å². The quantitative estimate of drug-likeness (QED) is 0.686. The predicted molar refractivity (Wildman–Crippen MR) is 114 cm³/mol. The van der Waals surface area contributed by atoms with Gasteiger partial charge in [0, 0.05) is 0 Å². The van der Waals surface area contributed by atoms with Crippen molar-refractivity contribution in [3.05, 3.63) is 59.7 Å². The largest absolute Gasteiger partial charge is 0.371 e. The molecular formula is C22H28ClN3. The lowest BCUT2D eigenvalue weighted by Crippen LogP contribution is -2.52. The maximum atomic E-state index is 5.06. The maximum Gasteiger partial charge on any atom is 0.127 e. The van der Waals surface area contributed by atoms with Crippen LogP contribution in [0.1, 0.15) is 49.7 Å². The van der Waals surface area contributed by atoms with Crippen molar-refractivity contribution in [1.29, 1.82) is 0 Å². The van der Waals surface area contributed by atoms with Gasteiger partial charge in [0.05, 0.1) is 23.5 Å². The number of anilines is 2. The summed E-state index contributed by atoms with van der Waals surface area (Å²) < 4.78 is 0. The van der Waals surface area contributed by atoms with Crippen LogP contribution in [-0.2, 0) is 6.54 Å². The SMILES string of the molecule is Cc1cccc(CN=C2Nc3ccccc3NC23CCCCCC3)c1.Cl. The van der Waals surface area contributed by atoms with E-state index in [1.165, 1.54) is 42.5 Å². The summed E-state index contributed by atoms with van der Waals surface area (Å²) in [6.07, 6.45) is 7.50. The fourth-order valence-corrected chi connectivity index (χ4v) is 4.13. The molecule has 2 aromatic rings. The van der Waals surface area contributed by atoms with E-state index in [0.29, 0.717) is 0 Å². The maximum absolute atomic E-state index is 5.06. The number of hydrogen-bond acceptors (Lipinski definition) is 2. The van der Waals surface area contributed by atoms with Gasteiger partial charge in [-0.2, -0.15) is 0 Å². The molecule has 1 saturated carbocycles. The number of amidine groups is 1. The highest BCUT2D eigenvalue weighted by atomic mass is 35.5. The summed E-state index contributed by atoms with van der Waals surface area (Å²) in [5, 5.41) is 7.51. The van der Waals surface area contributed by atoms with E-state index < -0.39 is 0 Å². The summed E-state index contributed by atoms with van der Waals surface area (Å²) in [5.41, 5.74) is 4.88. The van der Waals surface area contributed by atoms with E-state index in [9.17, 15) is 0 Å². The molecule has 0 atom stereocenters. The van der Waals surface area contributed by atoms with Gasteiger partial charge in [0.25, 0.3) is 0 Å². The minimum absolute atomic E-state index is 0. The number of nitrogens with zero attached hydrogens (tertiary/aromatic N) is 1.